The molecule has 1 amide bonds. The van der Waals surface area contributed by atoms with Crippen LogP contribution in [0.2, 0.25) is 0 Å². The molecule has 8 heteroatoms. The zero-order chi connectivity index (χ0) is 14.5. The average molecular weight is 274 g/mol. The highest BCUT2D eigenvalue weighted by atomic mass is 16.5. The number of methoxy groups -OCH3 is 1. The van der Waals surface area contributed by atoms with E-state index in [1.54, 1.807) is 19.1 Å². The number of carbonyl (C=O) groups excluding carboxylic acids is 1. The molecule has 0 aliphatic heterocycles. The second-order valence-corrected chi connectivity index (χ2v) is 3.90. The van der Waals surface area contributed by atoms with Crippen molar-refractivity contribution in [2.75, 3.05) is 17.9 Å². The van der Waals surface area contributed by atoms with Crippen LogP contribution >= 0.6 is 0 Å². The molecule has 2 aromatic rings. The third-order valence-corrected chi connectivity index (χ3v) is 2.49. The Bertz CT molecular complexity index is 631. The zero-order valence-electron chi connectivity index (χ0n) is 11.0. The topological polar surface area (TPSA) is 115 Å². The summed E-state index contributed by atoms with van der Waals surface area (Å²) in [5.41, 5.74) is 3.85. The van der Waals surface area contributed by atoms with Gasteiger partial charge in [-0.05, 0) is 13.0 Å². The maximum Gasteiger partial charge on any atom is 0.261 e. The number of ether oxygens (including phenoxy) is 1. The van der Waals surface area contributed by atoms with Gasteiger partial charge >= 0.3 is 0 Å². The molecule has 0 aliphatic carbocycles. The maximum atomic E-state index is 12.1. The van der Waals surface area contributed by atoms with Gasteiger partial charge in [0.15, 0.2) is 0 Å². The lowest BCUT2D eigenvalue weighted by molar-refractivity contribution is 0.102. The van der Waals surface area contributed by atoms with Crippen LogP contribution in [0.3, 0.4) is 0 Å². The minimum Gasteiger partial charge on any atom is -0.481 e. The van der Waals surface area contributed by atoms with Crippen molar-refractivity contribution >= 4 is 17.5 Å². The summed E-state index contributed by atoms with van der Waals surface area (Å²) in [5, 5.41) is 2.57. The number of aryl methyl sites for hydroxylation is 1. The molecule has 0 radical (unpaired) electrons. The number of nitrogens with one attached hydrogen (secondary N) is 2. The fourth-order valence-corrected chi connectivity index (χ4v) is 1.57. The van der Waals surface area contributed by atoms with Crippen molar-refractivity contribution < 1.29 is 9.53 Å². The van der Waals surface area contributed by atoms with Crippen LogP contribution in [0.1, 0.15) is 16.1 Å². The van der Waals surface area contributed by atoms with Gasteiger partial charge in [0.1, 0.15) is 0 Å². The monoisotopic (exact) mass is 274 g/mol. The normalized spacial score (nSPS) is 9.95. The second kappa shape index (κ2) is 5.93. The van der Waals surface area contributed by atoms with Crippen LogP contribution in [-0.4, -0.2) is 28.0 Å². The summed E-state index contributed by atoms with van der Waals surface area (Å²) in [4.78, 5) is 24.2. The number of carbonyl (C=O) groups is 1. The summed E-state index contributed by atoms with van der Waals surface area (Å²) in [6, 6.07) is 3.25. The fraction of sp³-hybridized carbons (Fsp3) is 0.167. The number of hydrogen-bond acceptors (Lipinski definition) is 7. The van der Waals surface area contributed by atoms with Gasteiger partial charge in [-0.2, -0.15) is 4.98 Å². The number of hydrazine groups is 1. The molecule has 8 nitrogen and oxygen atoms in total. The Morgan fingerprint density at radius 1 is 1.40 bits per heavy atom. The summed E-state index contributed by atoms with van der Waals surface area (Å²) in [5.74, 6) is 5.45. The lowest BCUT2D eigenvalue weighted by atomic mass is 10.2. The summed E-state index contributed by atoms with van der Waals surface area (Å²) in [7, 11) is 1.49. The van der Waals surface area contributed by atoms with E-state index in [1.165, 1.54) is 19.5 Å². The van der Waals surface area contributed by atoms with Gasteiger partial charge < -0.3 is 10.2 Å². The molecule has 0 unspecified atom stereocenters. The molecule has 0 saturated heterocycles. The number of nitrogen functional groups attached to an aromatic ring is 1. The number of hydrogen-bond donors (Lipinski definition) is 3. The van der Waals surface area contributed by atoms with Crippen molar-refractivity contribution in [3.63, 3.8) is 0 Å². The molecule has 2 aromatic heterocycles. The number of rotatable bonds is 4. The summed E-state index contributed by atoms with van der Waals surface area (Å²) < 4.78 is 5.02. The minimum atomic E-state index is -0.418. The van der Waals surface area contributed by atoms with Crippen LogP contribution in [0.4, 0.5) is 11.6 Å². The molecule has 0 spiro atoms. The fourth-order valence-electron chi connectivity index (χ4n) is 1.57. The van der Waals surface area contributed by atoms with Crippen molar-refractivity contribution in [2.45, 2.75) is 6.92 Å². The Labute approximate surface area is 115 Å². The van der Waals surface area contributed by atoms with Gasteiger partial charge in [-0.15, -0.1) is 0 Å². The van der Waals surface area contributed by atoms with Gasteiger partial charge in [0.05, 0.1) is 18.4 Å². The molecular weight excluding hydrogens is 260 g/mol. The Hall–Kier alpha value is -2.74. The highest BCUT2D eigenvalue weighted by Gasteiger charge is 2.13. The van der Waals surface area contributed by atoms with Crippen molar-refractivity contribution in [3.8, 4) is 5.88 Å². The molecule has 0 aromatic carbocycles. The number of nitrogens with zero attached hydrogens (tertiary/aromatic N) is 3. The summed E-state index contributed by atoms with van der Waals surface area (Å²) in [6.07, 6.45) is 2.93. The Balaban J connectivity index is 2.25. The molecular formula is C12H14N6O2. The standard InChI is InChI=1S/C12H14N6O2/c1-7-5-10(20-2)16-12(15-7)17-11(19)8-6-14-4-3-9(8)18-13/h3-6H,13H2,1-2H3,(H,14,18)(H,15,16,17,19). The van der Waals surface area contributed by atoms with Crippen molar-refractivity contribution in [1.82, 2.24) is 15.0 Å². The first-order valence-electron chi connectivity index (χ1n) is 5.75. The number of anilines is 2. The van der Waals surface area contributed by atoms with Gasteiger partial charge in [-0.1, -0.05) is 0 Å². The molecule has 0 bridgehead atoms. The van der Waals surface area contributed by atoms with Gasteiger partial charge in [0.2, 0.25) is 11.8 Å². The van der Waals surface area contributed by atoms with Gasteiger partial charge in [-0.3, -0.25) is 20.9 Å². The predicted molar refractivity (Wildman–Crippen MR) is 73.3 cm³/mol. The average Bonchev–Trinajstić information content (AvgIpc) is 2.46. The first kappa shape index (κ1) is 13.7. The van der Waals surface area contributed by atoms with E-state index in [0.717, 1.165) is 0 Å². The van der Waals surface area contributed by atoms with E-state index >= 15 is 0 Å². The first-order valence-corrected chi connectivity index (χ1v) is 5.75. The van der Waals surface area contributed by atoms with Gasteiger partial charge in [0, 0.05) is 24.2 Å². The Morgan fingerprint density at radius 2 is 2.20 bits per heavy atom. The van der Waals surface area contributed by atoms with Crippen LogP contribution in [0.25, 0.3) is 0 Å². The van der Waals surface area contributed by atoms with E-state index in [4.69, 9.17) is 10.6 Å². The molecule has 0 atom stereocenters. The van der Waals surface area contributed by atoms with E-state index < -0.39 is 5.91 Å². The van der Waals surface area contributed by atoms with E-state index in [9.17, 15) is 4.79 Å². The van der Waals surface area contributed by atoms with Crippen molar-refractivity contribution in [2.24, 2.45) is 5.84 Å². The largest absolute Gasteiger partial charge is 0.481 e. The van der Waals surface area contributed by atoms with Gasteiger partial charge in [0.25, 0.3) is 5.91 Å². The van der Waals surface area contributed by atoms with Crippen LogP contribution in [0, 0.1) is 6.92 Å². The third kappa shape index (κ3) is 2.98. The number of pyridine rings is 1. The molecule has 0 fully saturated rings. The van der Waals surface area contributed by atoms with Crippen LogP contribution in [-0.2, 0) is 0 Å². The van der Waals surface area contributed by atoms with E-state index in [0.29, 0.717) is 22.8 Å². The van der Waals surface area contributed by atoms with Gasteiger partial charge in [-0.25, -0.2) is 4.98 Å². The number of aromatic nitrogens is 3. The molecule has 2 heterocycles. The second-order valence-electron chi connectivity index (χ2n) is 3.90. The third-order valence-electron chi connectivity index (χ3n) is 2.49. The van der Waals surface area contributed by atoms with Crippen molar-refractivity contribution in [1.29, 1.82) is 0 Å². The molecule has 4 N–H and O–H groups in total. The molecule has 20 heavy (non-hydrogen) atoms. The summed E-state index contributed by atoms with van der Waals surface area (Å²) >= 11 is 0. The van der Waals surface area contributed by atoms with E-state index in [1.807, 2.05) is 0 Å². The lowest BCUT2D eigenvalue weighted by Crippen LogP contribution is -2.19. The number of nitrogens with two attached hydrogens (primary N) is 1. The smallest absolute Gasteiger partial charge is 0.261 e. The Kier molecular flexibility index (Phi) is 4.06. The van der Waals surface area contributed by atoms with Crippen LogP contribution in [0.15, 0.2) is 24.5 Å². The lowest BCUT2D eigenvalue weighted by Gasteiger charge is -2.09. The molecule has 2 rings (SSSR count). The van der Waals surface area contributed by atoms with Crippen LogP contribution in [0.5, 0.6) is 5.88 Å². The maximum absolute atomic E-state index is 12.1. The van der Waals surface area contributed by atoms with Crippen LogP contribution < -0.4 is 21.3 Å². The SMILES string of the molecule is COc1cc(C)nc(NC(=O)c2cnccc2NN)n1. The van der Waals surface area contributed by atoms with Crippen molar-refractivity contribution in [3.05, 3.63) is 35.8 Å². The highest BCUT2D eigenvalue weighted by molar-refractivity contribution is 6.06. The zero-order valence-corrected chi connectivity index (χ0v) is 11.0. The summed E-state index contributed by atoms with van der Waals surface area (Å²) in [6.45, 7) is 1.77. The quantitative estimate of drug-likeness (QED) is 0.556. The molecule has 104 valence electrons. The minimum absolute atomic E-state index is 0.152. The molecule has 0 saturated carbocycles. The van der Waals surface area contributed by atoms with E-state index in [-0.39, 0.29) is 5.95 Å². The molecule has 0 aliphatic rings. The Morgan fingerprint density at radius 3 is 2.90 bits per heavy atom. The highest BCUT2D eigenvalue weighted by Crippen LogP contribution is 2.15. The van der Waals surface area contributed by atoms with E-state index in [2.05, 4.69) is 25.7 Å². The first-order chi connectivity index (χ1) is 9.63. The predicted octanol–water partition coefficient (Wildman–Crippen LogP) is 0.727. The number of amides is 1.